The quantitative estimate of drug-likeness (QED) is 0.642. The number of nitrogens with zero attached hydrogens (tertiary/aromatic N) is 4. The summed E-state index contributed by atoms with van der Waals surface area (Å²) in [5.41, 5.74) is 0. The van der Waals surface area contributed by atoms with E-state index >= 15 is 0 Å². The van der Waals surface area contributed by atoms with Crippen molar-refractivity contribution in [2.45, 2.75) is 20.0 Å². The average molecular weight is 312 g/mol. The topological polar surface area (TPSA) is 60.0 Å². The Morgan fingerprint density at radius 1 is 0.909 bits per heavy atom. The van der Waals surface area contributed by atoms with E-state index in [1.807, 2.05) is 51.8 Å². The molecule has 7 nitrogen and oxygen atoms in total. The Balaban J connectivity index is 2.71. The number of hydrogen-bond donors (Lipinski definition) is 0. The Morgan fingerprint density at radius 2 is 1.45 bits per heavy atom. The summed E-state index contributed by atoms with van der Waals surface area (Å²) in [6, 6.07) is 1.97. The molecule has 126 valence electrons. The lowest BCUT2D eigenvalue weighted by Crippen LogP contribution is -2.21. The number of hydrogen-bond acceptors (Lipinski definition) is 7. The second kappa shape index (κ2) is 9.42. The van der Waals surface area contributed by atoms with Crippen LogP contribution < -0.4 is 14.2 Å². The molecular formula is C15H28N4O3. The van der Waals surface area contributed by atoms with Crippen LogP contribution in [0.5, 0.6) is 17.8 Å². The van der Waals surface area contributed by atoms with E-state index in [2.05, 4.69) is 9.97 Å². The smallest absolute Gasteiger partial charge is 0.323 e. The third kappa shape index (κ3) is 7.99. The molecule has 0 atom stereocenters. The van der Waals surface area contributed by atoms with Crippen molar-refractivity contribution in [1.29, 1.82) is 0 Å². The van der Waals surface area contributed by atoms with Crippen LogP contribution in [0.2, 0.25) is 0 Å². The number of ether oxygens (including phenoxy) is 3. The molecule has 0 unspecified atom stereocenters. The van der Waals surface area contributed by atoms with Crippen LogP contribution in [0.15, 0.2) is 6.07 Å². The molecule has 0 aliphatic heterocycles. The van der Waals surface area contributed by atoms with Crippen LogP contribution in [0.1, 0.15) is 13.8 Å². The predicted octanol–water partition coefficient (Wildman–Crippen LogP) is 1.14. The van der Waals surface area contributed by atoms with E-state index in [-0.39, 0.29) is 12.1 Å². The first-order valence-electron chi connectivity index (χ1n) is 7.47. The molecule has 1 aromatic heterocycles. The summed E-state index contributed by atoms with van der Waals surface area (Å²) in [4.78, 5) is 12.6. The van der Waals surface area contributed by atoms with Crippen LogP contribution in [0.4, 0.5) is 0 Å². The van der Waals surface area contributed by atoms with E-state index in [1.54, 1.807) is 6.07 Å². The molecule has 0 saturated heterocycles. The maximum absolute atomic E-state index is 5.64. The van der Waals surface area contributed by atoms with Gasteiger partial charge in [-0.3, -0.25) is 0 Å². The van der Waals surface area contributed by atoms with Gasteiger partial charge in [0.2, 0.25) is 11.8 Å². The first-order valence-corrected chi connectivity index (χ1v) is 7.47. The first kappa shape index (κ1) is 18.4. The monoisotopic (exact) mass is 312 g/mol. The van der Waals surface area contributed by atoms with Crippen molar-refractivity contribution in [3.63, 3.8) is 0 Å². The highest BCUT2D eigenvalue weighted by Gasteiger charge is 2.10. The van der Waals surface area contributed by atoms with Crippen LogP contribution in [0.3, 0.4) is 0 Å². The zero-order valence-corrected chi connectivity index (χ0v) is 14.5. The molecule has 1 heterocycles. The van der Waals surface area contributed by atoms with Crippen molar-refractivity contribution in [3.05, 3.63) is 6.07 Å². The number of aromatic nitrogens is 2. The summed E-state index contributed by atoms with van der Waals surface area (Å²) < 4.78 is 16.8. The molecular weight excluding hydrogens is 284 g/mol. The van der Waals surface area contributed by atoms with Crippen molar-refractivity contribution < 1.29 is 14.2 Å². The molecule has 0 aliphatic carbocycles. The fourth-order valence-corrected chi connectivity index (χ4v) is 1.48. The maximum atomic E-state index is 5.64. The summed E-state index contributed by atoms with van der Waals surface area (Å²) in [5.74, 6) is 0.928. The maximum Gasteiger partial charge on any atom is 0.323 e. The van der Waals surface area contributed by atoms with Gasteiger partial charge in [-0.1, -0.05) is 0 Å². The molecule has 0 bridgehead atoms. The standard InChI is InChI=1S/C15H28N4O3/c1-12(2)22-14-11-13(20-9-7-18(3)4)16-15(17-14)21-10-8-19(5)6/h11-12H,7-10H2,1-6H3. The molecule has 7 heteroatoms. The van der Waals surface area contributed by atoms with E-state index in [1.165, 1.54) is 0 Å². The van der Waals surface area contributed by atoms with Gasteiger partial charge in [0, 0.05) is 13.1 Å². The van der Waals surface area contributed by atoms with Gasteiger partial charge in [-0.15, -0.1) is 0 Å². The summed E-state index contributed by atoms with van der Waals surface area (Å²) >= 11 is 0. The van der Waals surface area contributed by atoms with Gasteiger partial charge in [-0.2, -0.15) is 9.97 Å². The third-order valence-electron chi connectivity index (χ3n) is 2.57. The number of rotatable bonds is 10. The lowest BCUT2D eigenvalue weighted by Gasteiger charge is -2.14. The molecule has 0 aromatic carbocycles. The van der Waals surface area contributed by atoms with Gasteiger partial charge >= 0.3 is 6.01 Å². The molecule has 0 radical (unpaired) electrons. The molecule has 0 aliphatic rings. The normalized spacial score (nSPS) is 11.3. The predicted molar refractivity (Wildman–Crippen MR) is 85.9 cm³/mol. The van der Waals surface area contributed by atoms with Gasteiger partial charge in [0.05, 0.1) is 12.2 Å². The molecule has 0 spiro atoms. The zero-order chi connectivity index (χ0) is 16.5. The lowest BCUT2D eigenvalue weighted by molar-refractivity contribution is 0.206. The summed E-state index contributed by atoms with van der Waals surface area (Å²) in [6.07, 6.45) is 0.0270. The van der Waals surface area contributed by atoms with Crippen molar-refractivity contribution in [2.24, 2.45) is 0 Å². The molecule has 1 rings (SSSR count). The minimum absolute atomic E-state index is 0.0270. The van der Waals surface area contributed by atoms with Crippen LogP contribution in [0, 0.1) is 0 Å². The second-order valence-electron chi connectivity index (χ2n) is 5.80. The number of likely N-dealkylation sites (N-methyl/N-ethyl adjacent to an activating group) is 2. The summed E-state index contributed by atoms with van der Waals surface area (Å²) in [5, 5.41) is 0. The van der Waals surface area contributed by atoms with Crippen LogP contribution in [0.25, 0.3) is 0 Å². The Kier molecular flexibility index (Phi) is 7.90. The van der Waals surface area contributed by atoms with E-state index < -0.39 is 0 Å². The van der Waals surface area contributed by atoms with Crippen LogP contribution >= 0.6 is 0 Å². The minimum atomic E-state index is 0.0270. The Hall–Kier alpha value is -1.60. The summed E-state index contributed by atoms with van der Waals surface area (Å²) in [6.45, 7) is 6.54. The lowest BCUT2D eigenvalue weighted by atomic mass is 10.5. The summed E-state index contributed by atoms with van der Waals surface area (Å²) in [7, 11) is 7.95. The molecule has 0 N–H and O–H groups in total. The van der Waals surface area contributed by atoms with Crippen molar-refractivity contribution >= 4 is 0 Å². The SMILES string of the molecule is CC(C)Oc1cc(OCCN(C)C)nc(OCCN(C)C)n1. The van der Waals surface area contributed by atoms with Crippen molar-refractivity contribution in [1.82, 2.24) is 19.8 Å². The van der Waals surface area contributed by atoms with E-state index in [0.717, 1.165) is 13.1 Å². The van der Waals surface area contributed by atoms with Crippen LogP contribution in [-0.2, 0) is 0 Å². The highest BCUT2D eigenvalue weighted by molar-refractivity contribution is 5.23. The van der Waals surface area contributed by atoms with Crippen molar-refractivity contribution in [3.8, 4) is 17.8 Å². The van der Waals surface area contributed by atoms with E-state index in [9.17, 15) is 0 Å². The van der Waals surface area contributed by atoms with Gasteiger partial charge in [0.15, 0.2) is 0 Å². The minimum Gasteiger partial charge on any atom is -0.476 e. The fraction of sp³-hybridized carbons (Fsp3) is 0.733. The highest BCUT2D eigenvalue weighted by Crippen LogP contribution is 2.20. The van der Waals surface area contributed by atoms with Crippen LogP contribution in [-0.4, -0.2) is 80.4 Å². The third-order valence-corrected chi connectivity index (χ3v) is 2.57. The van der Waals surface area contributed by atoms with Gasteiger partial charge in [0.25, 0.3) is 0 Å². The Bertz CT molecular complexity index is 407. The second-order valence-corrected chi connectivity index (χ2v) is 5.80. The van der Waals surface area contributed by atoms with Gasteiger partial charge in [-0.25, -0.2) is 0 Å². The molecule has 0 amide bonds. The zero-order valence-electron chi connectivity index (χ0n) is 14.5. The van der Waals surface area contributed by atoms with Gasteiger partial charge in [0.1, 0.15) is 13.2 Å². The highest BCUT2D eigenvalue weighted by atomic mass is 16.5. The van der Waals surface area contributed by atoms with Gasteiger partial charge < -0.3 is 24.0 Å². The van der Waals surface area contributed by atoms with Crippen molar-refractivity contribution in [2.75, 3.05) is 54.5 Å². The Morgan fingerprint density at radius 3 is 2.00 bits per heavy atom. The average Bonchev–Trinajstić information content (AvgIpc) is 2.36. The molecule has 0 saturated carbocycles. The van der Waals surface area contributed by atoms with E-state index in [0.29, 0.717) is 25.0 Å². The molecule has 0 fully saturated rings. The molecule has 1 aromatic rings. The first-order chi connectivity index (χ1) is 10.4. The Labute approximate surface area is 133 Å². The fourth-order valence-electron chi connectivity index (χ4n) is 1.48. The molecule has 22 heavy (non-hydrogen) atoms. The largest absolute Gasteiger partial charge is 0.476 e. The van der Waals surface area contributed by atoms with E-state index in [4.69, 9.17) is 14.2 Å². The van der Waals surface area contributed by atoms with Gasteiger partial charge in [-0.05, 0) is 42.0 Å².